The van der Waals surface area contributed by atoms with Crippen molar-refractivity contribution in [2.24, 2.45) is 5.92 Å². The Hall–Kier alpha value is 0.700. The molecule has 0 aromatic carbocycles. The minimum atomic E-state index is 0.871. The van der Waals surface area contributed by atoms with Gasteiger partial charge in [-0.25, -0.2) is 0 Å². The van der Waals surface area contributed by atoms with Crippen LogP contribution in [0, 0.1) is 5.92 Å². The highest BCUT2D eigenvalue weighted by Crippen LogP contribution is 2.12. The highest BCUT2D eigenvalue weighted by molar-refractivity contribution is 8.68. The Morgan fingerprint density at radius 2 is 1.90 bits per heavy atom. The lowest BCUT2D eigenvalue weighted by atomic mass is 10.1. The molecular formula is C8H17S2. The molecule has 0 aliphatic carbocycles. The zero-order chi connectivity index (χ0) is 7.82. The Balaban J connectivity index is 2.77. The highest BCUT2D eigenvalue weighted by Gasteiger charge is 1.93. The third kappa shape index (κ3) is 8.70. The molecule has 0 saturated carbocycles. The molecule has 0 aromatic rings. The van der Waals surface area contributed by atoms with E-state index in [4.69, 9.17) is 11.7 Å². The predicted octanol–water partition coefficient (Wildman–Crippen LogP) is 4.05. The van der Waals surface area contributed by atoms with E-state index in [1.165, 1.54) is 25.7 Å². The molecule has 0 unspecified atom stereocenters. The molecule has 0 spiro atoms. The minimum absolute atomic E-state index is 0.871. The summed E-state index contributed by atoms with van der Waals surface area (Å²) in [5.41, 5.74) is 0. The average Bonchev–Trinajstić information content (AvgIpc) is 1.87. The van der Waals surface area contributed by atoms with Crippen molar-refractivity contribution in [1.82, 2.24) is 0 Å². The van der Waals surface area contributed by atoms with Gasteiger partial charge in [0.05, 0.1) is 0 Å². The molecule has 2 heteroatoms. The number of unbranched alkanes of at least 4 members (excludes halogenated alkanes) is 2. The maximum Gasteiger partial charge on any atom is 0.00454 e. The van der Waals surface area contributed by atoms with Crippen molar-refractivity contribution in [2.45, 2.75) is 39.5 Å². The normalized spacial score (nSPS) is 10.8. The summed E-state index contributed by atoms with van der Waals surface area (Å²) in [5, 5.41) is 0. The summed E-state index contributed by atoms with van der Waals surface area (Å²) < 4.78 is 0. The summed E-state index contributed by atoms with van der Waals surface area (Å²) >= 11 is 4.77. The average molecular weight is 177 g/mol. The number of rotatable bonds is 6. The Morgan fingerprint density at radius 1 is 1.20 bits per heavy atom. The molecule has 0 nitrogen and oxygen atoms in total. The van der Waals surface area contributed by atoms with Gasteiger partial charge in [0.2, 0.25) is 0 Å². The fraction of sp³-hybridized carbons (Fsp3) is 1.00. The van der Waals surface area contributed by atoms with E-state index in [1.807, 2.05) is 0 Å². The van der Waals surface area contributed by atoms with E-state index in [0.717, 1.165) is 11.7 Å². The van der Waals surface area contributed by atoms with E-state index < -0.39 is 0 Å². The summed E-state index contributed by atoms with van der Waals surface area (Å²) in [6.07, 6.45) is 5.43. The summed E-state index contributed by atoms with van der Waals surface area (Å²) in [4.78, 5) is 0. The van der Waals surface area contributed by atoms with Gasteiger partial charge >= 0.3 is 0 Å². The third-order valence-corrected chi connectivity index (χ3v) is 2.46. The molecule has 0 aromatic heterocycles. The molecule has 0 fully saturated rings. The van der Waals surface area contributed by atoms with E-state index in [2.05, 4.69) is 13.8 Å². The molecule has 0 atom stereocenters. The van der Waals surface area contributed by atoms with Crippen LogP contribution in [0.4, 0.5) is 0 Å². The smallest absolute Gasteiger partial charge is 0.00454 e. The Labute approximate surface area is 74.0 Å². The minimum Gasteiger partial charge on any atom is -0.0817 e. The first-order valence-electron chi connectivity index (χ1n) is 4.02. The molecular weight excluding hydrogens is 160 g/mol. The molecule has 0 rings (SSSR count). The molecule has 61 valence electrons. The quantitative estimate of drug-likeness (QED) is 0.436. The van der Waals surface area contributed by atoms with Crippen LogP contribution in [-0.2, 0) is 0 Å². The summed E-state index contributed by atoms with van der Waals surface area (Å²) in [5.74, 6) is 2.03. The standard InChI is InChI=1S/C8H17S2/c1-8(2)6-4-3-5-7-10-9/h8H,3-7H2,1-2H3. The molecule has 0 saturated heterocycles. The van der Waals surface area contributed by atoms with Gasteiger partial charge in [0, 0.05) is 5.75 Å². The van der Waals surface area contributed by atoms with Crippen molar-refractivity contribution < 1.29 is 0 Å². The summed E-state index contributed by atoms with van der Waals surface area (Å²) in [6.45, 7) is 4.56. The lowest BCUT2D eigenvalue weighted by Crippen LogP contribution is -1.87. The van der Waals surface area contributed by atoms with E-state index >= 15 is 0 Å². The van der Waals surface area contributed by atoms with Crippen molar-refractivity contribution in [3.05, 3.63) is 0 Å². The van der Waals surface area contributed by atoms with E-state index in [1.54, 1.807) is 10.8 Å². The molecule has 0 bridgehead atoms. The lowest BCUT2D eigenvalue weighted by Gasteiger charge is -2.02. The van der Waals surface area contributed by atoms with Crippen LogP contribution in [0.5, 0.6) is 0 Å². The van der Waals surface area contributed by atoms with Crippen molar-refractivity contribution in [3.63, 3.8) is 0 Å². The molecule has 0 aliphatic rings. The van der Waals surface area contributed by atoms with E-state index in [9.17, 15) is 0 Å². The predicted molar refractivity (Wildman–Crippen MR) is 53.4 cm³/mol. The van der Waals surface area contributed by atoms with Gasteiger partial charge < -0.3 is 0 Å². The van der Waals surface area contributed by atoms with Crippen LogP contribution in [0.25, 0.3) is 0 Å². The first-order chi connectivity index (χ1) is 4.77. The summed E-state index contributed by atoms with van der Waals surface area (Å²) in [7, 11) is 1.54. The maximum absolute atomic E-state index is 4.77. The second kappa shape index (κ2) is 7.80. The third-order valence-electron chi connectivity index (χ3n) is 1.51. The lowest BCUT2D eigenvalue weighted by molar-refractivity contribution is 0.535. The van der Waals surface area contributed by atoms with Gasteiger partial charge in [0.1, 0.15) is 0 Å². The van der Waals surface area contributed by atoms with Crippen LogP contribution in [0.1, 0.15) is 39.5 Å². The second-order valence-electron chi connectivity index (χ2n) is 3.07. The van der Waals surface area contributed by atoms with Gasteiger partial charge in [-0.15, -0.1) is 0 Å². The van der Waals surface area contributed by atoms with Crippen LogP contribution in [-0.4, -0.2) is 5.75 Å². The van der Waals surface area contributed by atoms with Crippen LogP contribution < -0.4 is 0 Å². The molecule has 10 heavy (non-hydrogen) atoms. The van der Waals surface area contributed by atoms with E-state index in [0.29, 0.717) is 0 Å². The van der Waals surface area contributed by atoms with Crippen molar-refractivity contribution >= 4 is 22.5 Å². The molecule has 0 amide bonds. The number of hydrogen-bond donors (Lipinski definition) is 0. The zero-order valence-corrected chi connectivity index (χ0v) is 8.56. The second-order valence-corrected chi connectivity index (χ2v) is 4.42. The van der Waals surface area contributed by atoms with Crippen molar-refractivity contribution in [2.75, 3.05) is 5.75 Å². The summed E-state index contributed by atoms with van der Waals surface area (Å²) in [6, 6.07) is 0. The monoisotopic (exact) mass is 177 g/mol. The molecule has 0 N–H and O–H groups in total. The van der Waals surface area contributed by atoms with Gasteiger partial charge in [-0.1, -0.05) is 43.9 Å². The topological polar surface area (TPSA) is 0 Å². The van der Waals surface area contributed by atoms with Gasteiger partial charge in [-0.3, -0.25) is 0 Å². The largest absolute Gasteiger partial charge is 0.0817 e. The van der Waals surface area contributed by atoms with Gasteiger partial charge in [-0.2, -0.15) is 0 Å². The van der Waals surface area contributed by atoms with Crippen LogP contribution in [0.2, 0.25) is 0 Å². The maximum atomic E-state index is 4.77. The SMILES string of the molecule is CC(C)CCCCCS[S]. The fourth-order valence-corrected chi connectivity index (χ4v) is 1.57. The Bertz CT molecular complexity index is 62.3. The van der Waals surface area contributed by atoms with Gasteiger partial charge in [0.25, 0.3) is 0 Å². The van der Waals surface area contributed by atoms with Gasteiger partial charge in [-0.05, 0) is 24.0 Å². The molecule has 1 radical (unpaired) electrons. The molecule has 0 aliphatic heterocycles. The van der Waals surface area contributed by atoms with Crippen LogP contribution >= 0.6 is 22.5 Å². The Morgan fingerprint density at radius 3 is 2.40 bits per heavy atom. The number of hydrogen-bond acceptors (Lipinski definition) is 1. The van der Waals surface area contributed by atoms with Gasteiger partial charge in [0.15, 0.2) is 0 Å². The van der Waals surface area contributed by atoms with E-state index in [-0.39, 0.29) is 0 Å². The van der Waals surface area contributed by atoms with Crippen molar-refractivity contribution in [3.8, 4) is 0 Å². The Kier molecular flexibility index (Phi) is 8.35. The molecule has 0 heterocycles. The van der Waals surface area contributed by atoms with Crippen molar-refractivity contribution in [1.29, 1.82) is 0 Å². The zero-order valence-electron chi connectivity index (χ0n) is 6.93. The van der Waals surface area contributed by atoms with Crippen LogP contribution in [0.3, 0.4) is 0 Å². The first kappa shape index (κ1) is 10.7. The van der Waals surface area contributed by atoms with Crippen LogP contribution in [0.15, 0.2) is 0 Å². The highest BCUT2D eigenvalue weighted by atomic mass is 33.1. The fourth-order valence-electron chi connectivity index (χ4n) is 0.890. The first-order valence-corrected chi connectivity index (χ1v) is 5.93.